The lowest BCUT2D eigenvalue weighted by Gasteiger charge is -2.34. The molecule has 1 N–H and O–H groups in total. The van der Waals surface area contributed by atoms with E-state index in [1.165, 1.54) is 0 Å². The largest absolute Gasteiger partial charge is 0.343 e. The zero-order valence-corrected chi connectivity index (χ0v) is 13.8. The highest BCUT2D eigenvalue weighted by atomic mass is 32.2. The summed E-state index contributed by atoms with van der Waals surface area (Å²) in [6.07, 6.45) is -0.374. The fourth-order valence-electron chi connectivity index (χ4n) is 2.13. The fourth-order valence-corrected chi connectivity index (χ4v) is 3.17. The monoisotopic (exact) mass is 327 g/mol. The highest BCUT2D eigenvalue weighted by Gasteiger charge is 2.35. The van der Waals surface area contributed by atoms with Gasteiger partial charge in [-0.25, -0.2) is 13.1 Å². The highest BCUT2D eigenvalue weighted by Crippen LogP contribution is 2.21. The molecule has 1 atom stereocenters. The molecule has 1 aromatic rings. The van der Waals surface area contributed by atoms with Crippen LogP contribution in [0.2, 0.25) is 0 Å². The van der Waals surface area contributed by atoms with Crippen LogP contribution in [0.3, 0.4) is 0 Å². The van der Waals surface area contributed by atoms with Gasteiger partial charge in [-0.05, 0) is 39.3 Å². The minimum absolute atomic E-state index is 0.0115. The Morgan fingerprint density at radius 1 is 1.27 bits per heavy atom. The third kappa shape index (κ3) is 4.36. The SMILES string of the molecule is Cc1ccc(S(=O)(=O)NCCC2OC(C)(C)OCC2=O)cc1. The topological polar surface area (TPSA) is 81.7 Å². The number of rotatable bonds is 5. The Labute approximate surface area is 130 Å². The fraction of sp³-hybridized carbons (Fsp3) is 0.533. The van der Waals surface area contributed by atoms with E-state index in [-0.39, 0.29) is 30.3 Å². The van der Waals surface area contributed by atoms with Crippen molar-refractivity contribution in [3.8, 4) is 0 Å². The second kappa shape index (κ2) is 6.45. The molecule has 0 bridgehead atoms. The van der Waals surface area contributed by atoms with E-state index in [4.69, 9.17) is 9.47 Å². The van der Waals surface area contributed by atoms with E-state index in [0.717, 1.165) is 5.56 Å². The lowest BCUT2D eigenvalue weighted by molar-refractivity contribution is -0.258. The van der Waals surface area contributed by atoms with Gasteiger partial charge in [-0.1, -0.05) is 17.7 Å². The predicted octanol–water partition coefficient (Wildman–Crippen LogP) is 1.38. The highest BCUT2D eigenvalue weighted by molar-refractivity contribution is 7.89. The Hall–Kier alpha value is -1.28. The summed E-state index contributed by atoms with van der Waals surface area (Å²) < 4.78 is 37.5. The summed E-state index contributed by atoms with van der Waals surface area (Å²) in [5.41, 5.74) is 0.988. The van der Waals surface area contributed by atoms with Crippen LogP contribution < -0.4 is 4.72 Å². The third-order valence-corrected chi connectivity index (χ3v) is 4.85. The van der Waals surface area contributed by atoms with Crippen LogP contribution in [-0.4, -0.2) is 39.2 Å². The molecule has 1 saturated heterocycles. The lowest BCUT2D eigenvalue weighted by Crippen LogP contribution is -2.47. The summed E-state index contributed by atoms with van der Waals surface area (Å²) in [6, 6.07) is 6.58. The molecule has 2 rings (SSSR count). The van der Waals surface area contributed by atoms with Gasteiger partial charge in [0, 0.05) is 6.54 Å². The summed E-state index contributed by atoms with van der Waals surface area (Å²) in [4.78, 5) is 11.9. The second-order valence-electron chi connectivity index (χ2n) is 5.76. The normalized spacial score (nSPS) is 21.8. The summed E-state index contributed by atoms with van der Waals surface area (Å²) in [5, 5.41) is 0. The van der Waals surface area contributed by atoms with Crippen LogP contribution in [0.15, 0.2) is 29.2 Å². The van der Waals surface area contributed by atoms with Gasteiger partial charge in [0.05, 0.1) is 4.90 Å². The minimum atomic E-state index is -3.57. The lowest BCUT2D eigenvalue weighted by atomic mass is 10.1. The van der Waals surface area contributed by atoms with Gasteiger partial charge in [0.15, 0.2) is 11.6 Å². The number of benzene rings is 1. The third-order valence-electron chi connectivity index (χ3n) is 3.38. The van der Waals surface area contributed by atoms with Gasteiger partial charge in [-0.3, -0.25) is 4.79 Å². The van der Waals surface area contributed by atoms with Crippen LogP contribution in [0.1, 0.15) is 25.8 Å². The van der Waals surface area contributed by atoms with Crippen LogP contribution >= 0.6 is 0 Å². The van der Waals surface area contributed by atoms with E-state index >= 15 is 0 Å². The van der Waals surface area contributed by atoms with Crippen molar-refractivity contribution >= 4 is 15.8 Å². The van der Waals surface area contributed by atoms with E-state index in [0.29, 0.717) is 0 Å². The summed E-state index contributed by atoms with van der Waals surface area (Å²) in [6.45, 7) is 5.45. The molecule has 0 aromatic heterocycles. The first kappa shape index (κ1) is 17.1. The molecule has 6 nitrogen and oxygen atoms in total. The van der Waals surface area contributed by atoms with Crippen molar-refractivity contribution in [3.05, 3.63) is 29.8 Å². The van der Waals surface area contributed by atoms with E-state index in [1.807, 2.05) is 6.92 Å². The predicted molar refractivity (Wildman–Crippen MR) is 80.9 cm³/mol. The van der Waals surface area contributed by atoms with Gasteiger partial charge in [0.1, 0.15) is 12.7 Å². The van der Waals surface area contributed by atoms with Crippen molar-refractivity contribution in [3.63, 3.8) is 0 Å². The first-order valence-electron chi connectivity index (χ1n) is 7.10. The van der Waals surface area contributed by atoms with Gasteiger partial charge in [-0.2, -0.15) is 0 Å². The van der Waals surface area contributed by atoms with E-state index in [9.17, 15) is 13.2 Å². The standard InChI is InChI=1S/C15H21NO5S/c1-11-4-6-12(7-5-11)22(18,19)16-9-8-14-13(17)10-20-15(2,3)21-14/h4-7,14,16H,8-10H2,1-3H3. The maximum atomic E-state index is 12.1. The molecule has 1 fully saturated rings. The van der Waals surface area contributed by atoms with E-state index < -0.39 is 21.9 Å². The van der Waals surface area contributed by atoms with Crippen LogP contribution in [0, 0.1) is 6.92 Å². The number of nitrogens with one attached hydrogen (secondary N) is 1. The summed E-state index contributed by atoms with van der Waals surface area (Å²) in [5.74, 6) is -0.997. The van der Waals surface area contributed by atoms with Crippen molar-refractivity contribution in [2.24, 2.45) is 0 Å². The molecular weight excluding hydrogens is 306 g/mol. The molecule has 0 spiro atoms. The first-order valence-corrected chi connectivity index (χ1v) is 8.59. The van der Waals surface area contributed by atoms with Crippen molar-refractivity contribution in [2.75, 3.05) is 13.2 Å². The maximum Gasteiger partial charge on any atom is 0.240 e. The van der Waals surface area contributed by atoms with E-state index in [1.54, 1.807) is 38.1 Å². The Bertz CT molecular complexity index is 636. The molecular formula is C15H21NO5S. The Kier molecular flexibility index (Phi) is 5.01. The number of carbonyl (C=O) groups excluding carboxylic acids is 1. The molecule has 0 amide bonds. The number of Topliss-reactive ketones (excluding diaryl/α,β-unsaturated/α-hetero) is 1. The average Bonchev–Trinajstić information content (AvgIpc) is 2.43. The zero-order valence-electron chi connectivity index (χ0n) is 13.0. The van der Waals surface area contributed by atoms with Crippen LogP contribution in [0.5, 0.6) is 0 Å². The van der Waals surface area contributed by atoms with Crippen molar-refractivity contribution in [1.29, 1.82) is 0 Å². The number of sulfonamides is 1. The van der Waals surface area contributed by atoms with Gasteiger partial charge in [-0.15, -0.1) is 0 Å². The molecule has 1 heterocycles. The number of ether oxygens (including phenoxy) is 2. The number of aryl methyl sites for hydroxylation is 1. The molecule has 1 aliphatic heterocycles. The van der Waals surface area contributed by atoms with Gasteiger partial charge in [0.2, 0.25) is 10.0 Å². The van der Waals surface area contributed by atoms with Crippen LogP contribution in [0.4, 0.5) is 0 Å². The molecule has 1 aliphatic rings. The summed E-state index contributed by atoms with van der Waals surface area (Å²) >= 11 is 0. The number of carbonyl (C=O) groups is 1. The summed E-state index contributed by atoms with van der Waals surface area (Å²) in [7, 11) is -3.57. The molecule has 0 radical (unpaired) electrons. The molecule has 0 saturated carbocycles. The van der Waals surface area contributed by atoms with Gasteiger partial charge < -0.3 is 9.47 Å². The number of ketones is 1. The Morgan fingerprint density at radius 3 is 2.55 bits per heavy atom. The molecule has 1 unspecified atom stereocenters. The Balaban J connectivity index is 1.92. The minimum Gasteiger partial charge on any atom is -0.343 e. The molecule has 7 heteroatoms. The van der Waals surface area contributed by atoms with Crippen molar-refractivity contribution in [2.45, 2.75) is 44.0 Å². The maximum absolute atomic E-state index is 12.1. The smallest absolute Gasteiger partial charge is 0.240 e. The van der Waals surface area contributed by atoms with Crippen molar-refractivity contribution in [1.82, 2.24) is 4.72 Å². The number of hydrogen-bond donors (Lipinski definition) is 1. The molecule has 22 heavy (non-hydrogen) atoms. The first-order chi connectivity index (χ1) is 10.2. The van der Waals surface area contributed by atoms with Crippen LogP contribution in [-0.2, 0) is 24.3 Å². The van der Waals surface area contributed by atoms with Gasteiger partial charge in [0.25, 0.3) is 0 Å². The van der Waals surface area contributed by atoms with Gasteiger partial charge >= 0.3 is 0 Å². The van der Waals surface area contributed by atoms with Crippen LogP contribution in [0.25, 0.3) is 0 Å². The van der Waals surface area contributed by atoms with E-state index in [2.05, 4.69) is 4.72 Å². The average molecular weight is 327 g/mol. The molecule has 1 aromatic carbocycles. The molecule has 0 aliphatic carbocycles. The Morgan fingerprint density at radius 2 is 1.91 bits per heavy atom. The second-order valence-corrected chi connectivity index (χ2v) is 7.53. The molecule has 122 valence electrons. The number of hydrogen-bond acceptors (Lipinski definition) is 5. The quantitative estimate of drug-likeness (QED) is 0.883. The van der Waals surface area contributed by atoms with Crippen molar-refractivity contribution < 1.29 is 22.7 Å². The zero-order chi connectivity index (χ0) is 16.4.